The average Bonchev–Trinajstić information content (AvgIpc) is 2.53. The molecule has 0 atom stereocenters. The van der Waals surface area contributed by atoms with E-state index in [0.29, 0.717) is 31.4 Å². The third kappa shape index (κ3) is 3.52. The van der Waals surface area contributed by atoms with Gasteiger partial charge >= 0.3 is 0 Å². The van der Waals surface area contributed by atoms with E-state index in [9.17, 15) is 20.8 Å². The maximum atomic E-state index is 11.7. The molecule has 0 aromatic heterocycles. The molecule has 0 unspecified atom stereocenters. The summed E-state index contributed by atoms with van der Waals surface area (Å²) in [6, 6.07) is 9.59. The number of anilines is 4. The van der Waals surface area contributed by atoms with E-state index in [1.807, 2.05) is 0 Å². The van der Waals surface area contributed by atoms with Crippen LogP contribution in [0.1, 0.15) is 0 Å². The lowest BCUT2D eigenvalue weighted by molar-refractivity contribution is 1.15. The van der Waals surface area contributed by atoms with Gasteiger partial charge in [0, 0.05) is 22.7 Å². The van der Waals surface area contributed by atoms with Crippen LogP contribution in [0.2, 0.25) is 0 Å². The molecule has 0 N–H and O–H groups in total. The van der Waals surface area contributed by atoms with Crippen LogP contribution in [0.5, 0.6) is 0 Å². The summed E-state index contributed by atoms with van der Waals surface area (Å²) in [5.74, 6) is 0. The number of nitrogens with zero attached hydrogens (tertiary/aromatic N) is 4. The van der Waals surface area contributed by atoms with Crippen molar-refractivity contribution >= 4 is 22.7 Å². The molecule has 0 fully saturated rings. The highest BCUT2D eigenvalue weighted by Crippen LogP contribution is 2.36. The highest BCUT2D eigenvalue weighted by atomic mass is 16.5. The molecule has 0 spiro atoms. The molecular weight excluding hydrogens is 312 g/mol. The molecule has 24 heavy (non-hydrogen) atoms. The number of hydrogen-bond acceptors (Lipinski definition) is 8. The third-order valence-corrected chi connectivity index (χ3v) is 3.64. The summed E-state index contributed by atoms with van der Waals surface area (Å²) in [6.45, 7) is 0. The molecule has 8 heteroatoms. The quantitative estimate of drug-likeness (QED) is 0.770. The molecule has 0 radical (unpaired) electrons. The molecule has 2 rings (SSSR count). The second-order valence-electron chi connectivity index (χ2n) is 5.40. The van der Waals surface area contributed by atoms with Crippen LogP contribution in [0.15, 0.2) is 36.4 Å². The number of hydrogen-bond donors (Lipinski definition) is 0. The molecule has 0 saturated heterocycles. The Balaban J connectivity index is 2.56. The van der Waals surface area contributed by atoms with Gasteiger partial charge in [0.2, 0.25) is 0 Å². The lowest BCUT2D eigenvalue weighted by Crippen LogP contribution is -2.14. The van der Waals surface area contributed by atoms with Crippen molar-refractivity contribution in [3.8, 4) is 11.1 Å². The van der Waals surface area contributed by atoms with Gasteiger partial charge in [0.05, 0.1) is 0 Å². The Hall–Kier alpha value is -2.52. The summed E-state index contributed by atoms with van der Waals surface area (Å²) < 4.78 is 0. The smallest absolute Gasteiger partial charge is 0.0493 e. The van der Waals surface area contributed by atoms with Crippen molar-refractivity contribution in [3.05, 3.63) is 57.2 Å². The minimum Gasteiger partial charge on any atom is -0.758 e. The number of rotatable bonds is 5. The zero-order valence-corrected chi connectivity index (χ0v) is 13.9. The first-order valence-corrected chi connectivity index (χ1v) is 7.14. The maximum Gasteiger partial charge on any atom is 0.0493 e. The second-order valence-corrected chi connectivity index (χ2v) is 5.40. The molecule has 0 aliphatic rings. The van der Waals surface area contributed by atoms with Gasteiger partial charge in [-0.3, -0.25) is 0 Å². The topological polar surface area (TPSA) is 105 Å². The van der Waals surface area contributed by atoms with Gasteiger partial charge in [-0.1, -0.05) is 12.1 Å². The van der Waals surface area contributed by atoms with Gasteiger partial charge in [0.15, 0.2) is 0 Å². The molecule has 0 amide bonds. The van der Waals surface area contributed by atoms with Crippen LogP contribution in [-0.4, -0.2) is 28.2 Å². The predicted molar refractivity (Wildman–Crippen MR) is 99.0 cm³/mol. The van der Waals surface area contributed by atoms with Crippen molar-refractivity contribution in [1.82, 2.24) is 0 Å². The molecule has 0 aliphatic carbocycles. The molecule has 0 aliphatic heterocycles. The SMILES string of the molecule is CN([O-])c1ccc(-c2ccc(N(C)[O-])c(N(C)[O-])c2)cc1N(C)[O-]. The van der Waals surface area contributed by atoms with Gasteiger partial charge in [-0.25, -0.2) is 0 Å². The lowest BCUT2D eigenvalue weighted by Gasteiger charge is -2.35. The fourth-order valence-corrected chi connectivity index (χ4v) is 2.44. The molecule has 2 aromatic carbocycles. The van der Waals surface area contributed by atoms with Crippen LogP contribution in [0, 0.1) is 20.8 Å². The Bertz CT molecular complexity index is 656. The molecule has 8 nitrogen and oxygen atoms in total. The standard InChI is InChI=1S/C16H18N4O4/c1-17(21)13-7-5-11(9-15(13)19(3)23)12-6-8-14(18(2)22)16(10-12)20(4)24/h5-10H,1-4H3/q-4. The van der Waals surface area contributed by atoms with Crippen molar-refractivity contribution < 1.29 is 0 Å². The van der Waals surface area contributed by atoms with E-state index in [4.69, 9.17) is 0 Å². The van der Waals surface area contributed by atoms with E-state index < -0.39 is 0 Å². The summed E-state index contributed by atoms with van der Waals surface area (Å²) in [6.07, 6.45) is 0. The Morgan fingerprint density at radius 1 is 0.500 bits per heavy atom. The summed E-state index contributed by atoms with van der Waals surface area (Å²) in [5, 5.41) is 49.0. The predicted octanol–water partition coefficient (Wildman–Crippen LogP) is 3.09. The fourth-order valence-electron chi connectivity index (χ4n) is 2.44. The third-order valence-electron chi connectivity index (χ3n) is 3.64. The molecule has 0 saturated carbocycles. The highest BCUT2D eigenvalue weighted by molar-refractivity contribution is 5.83. The monoisotopic (exact) mass is 330 g/mol. The van der Waals surface area contributed by atoms with E-state index >= 15 is 0 Å². The lowest BCUT2D eigenvalue weighted by atomic mass is 10.0. The Labute approximate surface area is 140 Å². The van der Waals surface area contributed by atoms with Crippen LogP contribution >= 0.6 is 0 Å². The minimum absolute atomic E-state index is 0.215. The molecule has 0 bridgehead atoms. The van der Waals surface area contributed by atoms with Gasteiger partial charge in [0.25, 0.3) is 0 Å². The first-order valence-electron chi connectivity index (χ1n) is 7.14. The van der Waals surface area contributed by atoms with Crippen LogP contribution in [-0.2, 0) is 0 Å². The van der Waals surface area contributed by atoms with Crippen LogP contribution in [0.3, 0.4) is 0 Å². The zero-order valence-electron chi connectivity index (χ0n) is 13.9. The van der Waals surface area contributed by atoms with Crippen LogP contribution in [0.25, 0.3) is 11.1 Å². The molecule has 0 heterocycles. The fraction of sp³-hybridized carbons (Fsp3) is 0.250. The van der Waals surface area contributed by atoms with Crippen molar-refractivity contribution in [2.45, 2.75) is 0 Å². The van der Waals surface area contributed by atoms with Gasteiger partial charge in [-0.15, -0.1) is 0 Å². The number of benzene rings is 2. The van der Waals surface area contributed by atoms with E-state index in [2.05, 4.69) is 0 Å². The summed E-state index contributed by atoms with van der Waals surface area (Å²) >= 11 is 0. The highest BCUT2D eigenvalue weighted by Gasteiger charge is 2.09. The Kier molecular flexibility index (Phi) is 5.15. The summed E-state index contributed by atoms with van der Waals surface area (Å²) in [7, 11) is 5.23. The number of hydroxylamine groups is 4. The van der Waals surface area contributed by atoms with E-state index in [1.165, 1.54) is 28.2 Å². The van der Waals surface area contributed by atoms with Crippen molar-refractivity contribution in [2.75, 3.05) is 48.4 Å². The van der Waals surface area contributed by atoms with Gasteiger partial charge in [0.1, 0.15) is 0 Å². The van der Waals surface area contributed by atoms with Gasteiger partial charge in [-0.2, -0.15) is 0 Å². The minimum atomic E-state index is 0.215. The van der Waals surface area contributed by atoms with Gasteiger partial charge < -0.3 is 41.1 Å². The van der Waals surface area contributed by atoms with Crippen LogP contribution in [0.4, 0.5) is 22.7 Å². The van der Waals surface area contributed by atoms with E-state index in [1.54, 1.807) is 36.4 Å². The van der Waals surface area contributed by atoms with Crippen molar-refractivity contribution in [1.29, 1.82) is 0 Å². The van der Waals surface area contributed by atoms with Crippen LogP contribution < -0.4 is 20.3 Å². The first kappa shape index (κ1) is 17.8. The Morgan fingerprint density at radius 2 is 0.792 bits per heavy atom. The van der Waals surface area contributed by atoms with Crippen molar-refractivity contribution in [2.24, 2.45) is 0 Å². The largest absolute Gasteiger partial charge is 0.758 e. The molecular formula is C16H18N4O4-4. The summed E-state index contributed by atoms with van der Waals surface area (Å²) in [5.41, 5.74) is 2.23. The summed E-state index contributed by atoms with van der Waals surface area (Å²) in [4.78, 5) is 0. The normalized spacial score (nSPS) is 10.5. The van der Waals surface area contributed by atoms with E-state index in [0.717, 1.165) is 0 Å². The zero-order chi connectivity index (χ0) is 18.0. The van der Waals surface area contributed by atoms with Crippen molar-refractivity contribution in [3.63, 3.8) is 0 Å². The second kappa shape index (κ2) is 6.93. The molecule has 130 valence electrons. The maximum absolute atomic E-state index is 11.7. The van der Waals surface area contributed by atoms with Gasteiger partial charge in [-0.05, 0) is 63.6 Å². The average molecular weight is 330 g/mol. The Morgan fingerprint density at radius 3 is 1.04 bits per heavy atom. The van der Waals surface area contributed by atoms with E-state index in [-0.39, 0.29) is 22.7 Å². The first-order chi connectivity index (χ1) is 11.2. The molecule has 2 aromatic rings.